The lowest BCUT2D eigenvalue weighted by molar-refractivity contribution is 0.420. The number of pyridine rings is 1. The summed E-state index contributed by atoms with van der Waals surface area (Å²) in [6.07, 6.45) is 0. The first-order chi connectivity index (χ1) is 10.1. The van der Waals surface area contributed by atoms with Crippen molar-refractivity contribution in [3.05, 3.63) is 58.6 Å². The molecule has 21 heavy (non-hydrogen) atoms. The lowest BCUT2D eigenvalue weighted by Crippen LogP contribution is -2.08. The van der Waals surface area contributed by atoms with E-state index >= 15 is 0 Å². The molecular formula is C16H13FN2O2. The molecule has 0 aliphatic carbocycles. The van der Waals surface area contributed by atoms with Gasteiger partial charge in [-0.05, 0) is 30.3 Å². The number of H-pyrrole nitrogens is 1. The molecule has 0 amide bonds. The van der Waals surface area contributed by atoms with Gasteiger partial charge < -0.3 is 15.5 Å². The molecular weight excluding hydrogens is 271 g/mol. The average molecular weight is 284 g/mol. The van der Waals surface area contributed by atoms with E-state index < -0.39 is 5.82 Å². The zero-order chi connectivity index (χ0) is 15.0. The number of benzene rings is 2. The van der Waals surface area contributed by atoms with Gasteiger partial charge in [-0.15, -0.1) is 0 Å². The first-order valence-electron chi connectivity index (χ1n) is 6.35. The fourth-order valence-corrected chi connectivity index (χ4v) is 2.29. The van der Waals surface area contributed by atoms with Crippen LogP contribution in [-0.4, -0.2) is 12.1 Å². The Balaban J connectivity index is 2.29. The molecule has 5 heteroatoms. The minimum absolute atomic E-state index is 0.0690. The van der Waals surface area contributed by atoms with Gasteiger partial charge in [-0.2, -0.15) is 0 Å². The third kappa shape index (κ3) is 2.23. The van der Waals surface area contributed by atoms with E-state index in [-0.39, 0.29) is 11.2 Å². The number of aromatic amines is 1. The van der Waals surface area contributed by atoms with Crippen molar-refractivity contribution in [3.63, 3.8) is 0 Å². The van der Waals surface area contributed by atoms with E-state index in [0.29, 0.717) is 27.8 Å². The fourth-order valence-electron chi connectivity index (χ4n) is 2.29. The number of fused-ring (bicyclic) bond motifs is 1. The highest BCUT2D eigenvalue weighted by molar-refractivity contribution is 5.90. The summed E-state index contributed by atoms with van der Waals surface area (Å²) in [4.78, 5) is 14.9. The Kier molecular flexibility index (Phi) is 3.10. The van der Waals surface area contributed by atoms with Gasteiger partial charge in [0.25, 0.3) is 5.56 Å². The highest BCUT2D eigenvalue weighted by Gasteiger charge is 2.09. The molecule has 3 N–H and O–H groups in total. The molecule has 4 nitrogen and oxygen atoms in total. The van der Waals surface area contributed by atoms with Crippen LogP contribution in [0.5, 0.6) is 5.75 Å². The lowest BCUT2D eigenvalue weighted by Gasteiger charge is -2.08. The number of methoxy groups -OCH3 is 1. The summed E-state index contributed by atoms with van der Waals surface area (Å²) in [7, 11) is 1.54. The zero-order valence-electron chi connectivity index (χ0n) is 11.3. The Bertz CT molecular complexity index is 887. The van der Waals surface area contributed by atoms with E-state index in [9.17, 15) is 9.18 Å². The largest absolute Gasteiger partial charge is 0.496 e. The van der Waals surface area contributed by atoms with E-state index in [4.69, 9.17) is 10.5 Å². The molecule has 0 saturated carbocycles. The average Bonchev–Trinajstić information content (AvgIpc) is 2.49. The molecule has 0 fully saturated rings. The first-order valence-corrected chi connectivity index (χ1v) is 6.35. The number of rotatable bonds is 2. The van der Waals surface area contributed by atoms with Crippen molar-refractivity contribution in [2.24, 2.45) is 0 Å². The topological polar surface area (TPSA) is 68.1 Å². The second-order valence-electron chi connectivity index (χ2n) is 4.67. The van der Waals surface area contributed by atoms with Gasteiger partial charge >= 0.3 is 0 Å². The summed E-state index contributed by atoms with van der Waals surface area (Å²) in [5.74, 6) is 0.0734. The Morgan fingerprint density at radius 3 is 2.67 bits per heavy atom. The molecule has 3 rings (SSSR count). The number of nitrogen functional groups attached to an aromatic ring is 1. The molecule has 0 atom stereocenters. The third-order valence-electron chi connectivity index (χ3n) is 3.38. The van der Waals surface area contributed by atoms with Crippen LogP contribution in [0.3, 0.4) is 0 Å². The summed E-state index contributed by atoms with van der Waals surface area (Å²) < 4.78 is 18.9. The fraction of sp³-hybridized carbons (Fsp3) is 0.0625. The maximum Gasteiger partial charge on any atom is 0.256 e. The van der Waals surface area contributed by atoms with Crippen molar-refractivity contribution < 1.29 is 9.13 Å². The van der Waals surface area contributed by atoms with E-state index in [2.05, 4.69) is 4.98 Å². The van der Waals surface area contributed by atoms with Gasteiger partial charge in [0.05, 0.1) is 18.2 Å². The number of nitrogens with two attached hydrogens (primary N) is 1. The van der Waals surface area contributed by atoms with Gasteiger partial charge in [-0.3, -0.25) is 4.79 Å². The Labute approximate surface area is 120 Å². The SMILES string of the molecule is COc1cccc2c(=O)[nH]c(-c3ccc(N)c(F)c3)cc12. The summed E-state index contributed by atoms with van der Waals surface area (Å²) in [5.41, 5.74) is 6.34. The number of aromatic nitrogens is 1. The Morgan fingerprint density at radius 2 is 1.95 bits per heavy atom. The van der Waals surface area contributed by atoms with Crippen molar-refractivity contribution >= 4 is 16.5 Å². The van der Waals surface area contributed by atoms with Crippen LogP contribution < -0.4 is 16.0 Å². The second-order valence-corrected chi connectivity index (χ2v) is 4.67. The van der Waals surface area contributed by atoms with Crippen LogP contribution in [0.2, 0.25) is 0 Å². The number of anilines is 1. The summed E-state index contributed by atoms with van der Waals surface area (Å²) >= 11 is 0. The summed E-state index contributed by atoms with van der Waals surface area (Å²) in [5, 5.41) is 1.20. The molecule has 3 aromatic rings. The molecule has 0 unspecified atom stereocenters. The number of halogens is 1. The molecule has 106 valence electrons. The van der Waals surface area contributed by atoms with Crippen molar-refractivity contribution in [2.45, 2.75) is 0 Å². The van der Waals surface area contributed by atoms with Crippen LogP contribution in [0.25, 0.3) is 22.0 Å². The highest BCUT2D eigenvalue weighted by Crippen LogP contribution is 2.27. The van der Waals surface area contributed by atoms with Crippen LogP contribution >= 0.6 is 0 Å². The normalized spacial score (nSPS) is 10.8. The third-order valence-corrected chi connectivity index (χ3v) is 3.38. The summed E-state index contributed by atoms with van der Waals surface area (Å²) in [6.45, 7) is 0. The number of hydrogen-bond acceptors (Lipinski definition) is 3. The number of ether oxygens (including phenoxy) is 1. The molecule has 0 saturated heterocycles. The zero-order valence-corrected chi connectivity index (χ0v) is 11.3. The van der Waals surface area contributed by atoms with Crippen molar-refractivity contribution in [1.29, 1.82) is 0 Å². The van der Waals surface area contributed by atoms with Crippen molar-refractivity contribution in [2.75, 3.05) is 12.8 Å². The van der Waals surface area contributed by atoms with Crippen LogP contribution in [0.4, 0.5) is 10.1 Å². The van der Waals surface area contributed by atoms with Gasteiger partial charge in [0, 0.05) is 16.6 Å². The van der Waals surface area contributed by atoms with Gasteiger partial charge in [0.2, 0.25) is 0 Å². The molecule has 2 aromatic carbocycles. The standard InChI is InChI=1S/C16H13FN2O2/c1-21-15-4-2-3-10-11(15)8-14(19-16(10)20)9-5-6-13(18)12(17)7-9/h2-8H,18H2,1H3,(H,19,20). The van der Waals surface area contributed by atoms with Gasteiger partial charge in [0.15, 0.2) is 0 Å². The Morgan fingerprint density at radius 1 is 1.14 bits per heavy atom. The van der Waals surface area contributed by atoms with Crippen molar-refractivity contribution in [3.8, 4) is 17.0 Å². The van der Waals surface area contributed by atoms with Crippen LogP contribution in [0.15, 0.2) is 47.3 Å². The molecule has 0 spiro atoms. The predicted octanol–water partition coefficient (Wildman–Crippen LogP) is 2.93. The van der Waals surface area contributed by atoms with Gasteiger partial charge in [-0.1, -0.05) is 12.1 Å². The predicted molar refractivity (Wildman–Crippen MR) is 80.9 cm³/mol. The maximum atomic E-state index is 13.6. The molecule has 0 aliphatic rings. The van der Waals surface area contributed by atoms with E-state index in [0.717, 1.165) is 0 Å². The molecule has 1 heterocycles. The van der Waals surface area contributed by atoms with Crippen LogP contribution in [0, 0.1) is 5.82 Å². The highest BCUT2D eigenvalue weighted by atomic mass is 19.1. The molecule has 0 radical (unpaired) electrons. The van der Waals surface area contributed by atoms with Gasteiger partial charge in [0.1, 0.15) is 11.6 Å². The van der Waals surface area contributed by atoms with E-state index in [1.54, 1.807) is 37.4 Å². The minimum atomic E-state index is -0.520. The number of nitrogens with one attached hydrogen (secondary N) is 1. The second kappa shape index (κ2) is 4.94. The smallest absolute Gasteiger partial charge is 0.256 e. The minimum Gasteiger partial charge on any atom is -0.496 e. The van der Waals surface area contributed by atoms with E-state index in [1.165, 1.54) is 12.1 Å². The molecule has 0 aliphatic heterocycles. The van der Waals surface area contributed by atoms with Gasteiger partial charge in [-0.25, -0.2) is 4.39 Å². The van der Waals surface area contributed by atoms with Crippen molar-refractivity contribution in [1.82, 2.24) is 4.98 Å². The van der Waals surface area contributed by atoms with E-state index in [1.807, 2.05) is 0 Å². The first kappa shape index (κ1) is 13.2. The van der Waals surface area contributed by atoms with Crippen LogP contribution in [-0.2, 0) is 0 Å². The Hall–Kier alpha value is -2.82. The maximum absolute atomic E-state index is 13.6. The molecule has 1 aromatic heterocycles. The quantitative estimate of drug-likeness (QED) is 0.711. The molecule has 0 bridgehead atoms. The monoisotopic (exact) mass is 284 g/mol. The lowest BCUT2D eigenvalue weighted by atomic mass is 10.1. The summed E-state index contributed by atoms with van der Waals surface area (Å²) in [6, 6.07) is 11.4. The number of hydrogen-bond donors (Lipinski definition) is 2. The van der Waals surface area contributed by atoms with Crippen LogP contribution in [0.1, 0.15) is 0 Å².